The third-order valence-corrected chi connectivity index (χ3v) is 2.73. The maximum absolute atomic E-state index is 12.9. The van der Waals surface area contributed by atoms with E-state index in [1.807, 2.05) is 6.08 Å². The molecular weight excluding hydrogens is 205 g/mol. The Kier molecular flexibility index (Phi) is 3.34. The average molecular weight is 219 g/mol. The lowest BCUT2D eigenvalue weighted by Gasteiger charge is -2.17. The summed E-state index contributed by atoms with van der Waals surface area (Å²) in [4.78, 5) is 11.8. The zero-order valence-corrected chi connectivity index (χ0v) is 8.95. The fourth-order valence-corrected chi connectivity index (χ4v) is 1.84. The van der Waals surface area contributed by atoms with Gasteiger partial charge >= 0.3 is 0 Å². The van der Waals surface area contributed by atoms with Crippen LogP contribution in [0, 0.1) is 11.7 Å². The molecule has 0 spiro atoms. The number of anilines is 1. The molecule has 1 aliphatic rings. The van der Waals surface area contributed by atoms with Crippen LogP contribution in [-0.4, -0.2) is 5.91 Å². The topological polar surface area (TPSA) is 29.1 Å². The molecule has 2 rings (SSSR count). The summed E-state index contributed by atoms with van der Waals surface area (Å²) in [6, 6.07) is 5.97. The second kappa shape index (κ2) is 4.92. The monoisotopic (exact) mass is 219 g/mol. The van der Waals surface area contributed by atoms with E-state index in [1.54, 1.807) is 12.1 Å². The lowest BCUT2D eigenvalue weighted by atomic mass is 9.93. The van der Waals surface area contributed by atoms with Crippen LogP contribution in [0.15, 0.2) is 36.4 Å². The van der Waals surface area contributed by atoms with Crippen LogP contribution in [-0.2, 0) is 4.79 Å². The van der Waals surface area contributed by atoms with Crippen LogP contribution < -0.4 is 5.32 Å². The highest BCUT2D eigenvalue weighted by Gasteiger charge is 2.18. The normalized spacial score (nSPS) is 19.4. The van der Waals surface area contributed by atoms with E-state index in [4.69, 9.17) is 0 Å². The Morgan fingerprint density at radius 1 is 1.38 bits per heavy atom. The summed E-state index contributed by atoms with van der Waals surface area (Å²) in [5.41, 5.74) is 0.527. The van der Waals surface area contributed by atoms with Gasteiger partial charge in [-0.3, -0.25) is 4.79 Å². The zero-order chi connectivity index (χ0) is 11.4. The van der Waals surface area contributed by atoms with E-state index in [2.05, 4.69) is 11.4 Å². The molecule has 1 aromatic carbocycles. The molecule has 0 unspecified atom stereocenters. The molecule has 0 heterocycles. The van der Waals surface area contributed by atoms with Gasteiger partial charge in [-0.25, -0.2) is 4.39 Å². The highest BCUT2D eigenvalue weighted by Crippen LogP contribution is 2.20. The molecule has 1 amide bonds. The van der Waals surface area contributed by atoms with Crippen LogP contribution in [0.4, 0.5) is 10.1 Å². The van der Waals surface area contributed by atoms with Crippen LogP contribution >= 0.6 is 0 Å². The van der Waals surface area contributed by atoms with Gasteiger partial charge in [0.15, 0.2) is 0 Å². The quantitative estimate of drug-likeness (QED) is 0.761. The molecule has 1 aromatic rings. The summed E-state index contributed by atoms with van der Waals surface area (Å²) in [7, 11) is 0. The average Bonchev–Trinajstić information content (AvgIpc) is 2.30. The Bertz CT molecular complexity index is 414. The third kappa shape index (κ3) is 2.69. The molecule has 84 valence electrons. The number of carbonyl (C=O) groups is 1. The highest BCUT2D eigenvalue weighted by atomic mass is 19.1. The first-order valence-corrected chi connectivity index (χ1v) is 5.47. The first-order valence-electron chi connectivity index (χ1n) is 5.47. The van der Waals surface area contributed by atoms with Crippen LogP contribution in [0.3, 0.4) is 0 Å². The summed E-state index contributed by atoms with van der Waals surface area (Å²) in [6.45, 7) is 0. The van der Waals surface area contributed by atoms with Crippen molar-refractivity contribution in [2.24, 2.45) is 5.92 Å². The standard InChI is InChI=1S/C13H14FNO/c14-11-7-4-8-12(9-11)15-13(16)10-5-2-1-3-6-10/h1-2,4,7-10H,3,5-6H2,(H,15,16)/t10-/m1/s1. The van der Waals surface area contributed by atoms with Crippen LogP contribution in [0.25, 0.3) is 0 Å². The second-order valence-electron chi connectivity index (χ2n) is 3.98. The van der Waals surface area contributed by atoms with E-state index >= 15 is 0 Å². The minimum atomic E-state index is -0.332. The van der Waals surface area contributed by atoms with E-state index in [1.165, 1.54) is 12.1 Å². The predicted molar refractivity (Wildman–Crippen MR) is 61.5 cm³/mol. The van der Waals surface area contributed by atoms with Crippen molar-refractivity contribution < 1.29 is 9.18 Å². The molecule has 0 bridgehead atoms. The fraction of sp³-hybridized carbons (Fsp3) is 0.308. The number of allylic oxidation sites excluding steroid dienone is 2. The van der Waals surface area contributed by atoms with E-state index in [-0.39, 0.29) is 17.6 Å². The van der Waals surface area contributed by atoms with Crippen molar-refractivity contribution in [2.75, 3.05) is 5.32 Å². The minimum absolute atomic E-state index is 0.0186. The van der Waals surface area contributed by atoms with Crippen LogP contribution in [0.2, 0.25) is 0 Å². The molecule has 0 radical (unpaired) electrons. The first-order chi connectivity index (χ1) is 7.75. The number of rotatable bonds is 2. The molecule has 1 aliphatic carbocycles. The molecule has 16 heavy (non-hydrogen) atoms. The highest BCUT2D eigenvalue weighted by molar-refractivity contribution is 5.92. The maximum atomic E-state index is 12.9. The van der Waals surface area contributed by atoms with Gasteiger partial charge in [0.2, 0.25) is 5.91 Å². The Labute approximate surface area is 94.2 Å². The SMILES string of the molecule is O=C(Nc1cccc(F)c1)[C@@H]1CC=CCC1. The largest absolute Gasteiger partial charge is 0.326 e. The Morgan fingerprint density at radius 2 is 2.25 bits per heavy atom. The molecule has 0 aliphatic heterocycles. The van der Waals surface area contributed by atoms with Crippen molar-refractivity contribution in [1.29, 1.82) is 0 Å². The van der Waals surface area contributed by atoms with E-state index in [9.17, 15) is 9.18 Å². The van der Waals surface area contributed by atoms with Crippen molar-refractivity contribution in [3.8, 4) is 0 Å². The molecule has 0 aromatic heterocycles. The third-order valence-electron chi connectivity index (χ3n) is 2.73. The zero-order valence-electron chi connectivity index (χ0n) is 8.95. The van der Waals surface area contributed by atoms with Gasteiger partial charge in [-0.2, -0.15) is 0 Å². The van der Waals surface area contributed by atoms with Crippen molar-refractivity contribution >= 4 is 11.6 Å². The van der Waals surface area contributed by atoms with Gasteiger partial charge in [0.05, 0.1) is 0 Å². The number of amides is 1. The summed E-state index contributed by atoms with van der Waals surface area (Å²) in [6.07, 6.45) is 6.71. The minimum Gasteiger partial charge on any atom is -0.326 e. The smallest absolute Gasteiger partial charge is 0.227 e. The van der Waals surface area contributed by atoms with Gasteiger partial charge in [0.25, 0.3) is 0 Å². The fourth-order valence-electron chi connectivity index (χ4n) is 1.84. The second-order valence-corrected chi connectivity index (χ2v) is 3.98. The first kappa shape index (κ1) is 10.9. The molecule has 0 saturated heterocycles. The van der Waals surface area contributed by atoms with Crippen molar-refractivity contribution in [1.82, 2.24) is 0 Å². The number of carbonyl (C=O) groups excluding carboxylic acids is 1. The summed E-state index contributed by atoms with van der Waals surface area (Å²) < 4.78 is 12.9. The van der Waals surface area contributed by atoms with Crippen molar-refractivity contribution in [2.45, 2.75) is 19.3 Å². The van der Waals surface area contributed by atoms with Gasteiger partial charge in [-0.05, 0) is 37.5 Å². The van der Waals surface area contributed by atoms with Gasteiger partial charge in [-0.15, -0.1) is 0 Å². The van der Waals surface area contributed by atoms with Crippen LogP contribution in [0.1, 0.15) is 19.3 Å². The molecule has 2 nitrogen and oxygen atoms in total. The lowest BCUT2D eigenvalue weighted by Crippen LogP contribution is -2.23. The van der Waals surface area contributed by atoms with Gasteiger partial charge in [-0.1, -0.05) is 18.2 Å². The van der Waals surface area contributed by atoms with Crippen molar-refractivity contribution in [3.05, 3.63) is 42.2 Å². The summed E-state index contributed by atoms with van der Waals surface area (Å²) in [5.74, 6) is -0.329. The number of nitrogens with one attached hydrogen (secondary N) is 1. The number of hydrogen-bond donors (Lipinski definition) is 1. The number of halogens is 1. The van der Waals surface area contributed by atoms with Gasteiger partial charge in [0, 0.05) is 11.6 Å². The van der Waals surface area contributed by atoms with Crippen molar-refractivity contribution in [3.63, 3.8) is 0 Å². The van der Waals surface area contributed by atoms with Crippen LogP contribution in [0.5, 0.6) is 0 Å². The molecule has 1 atom stereocenters. The summed E-state index contributed by atoms with van der Waals surface area (Å²) >= 11 is 0. The number of hydrogen-bond acceptors (Lipinski definition) is 1. The Hall–Kier alpha value is -1.64. The lowest BCUT2D eigenvalue weighted by molar-refractivity contribution is -0.120. The van der Waals surface area contributed by atoms with E-state index in [0.717, 1.165) is 19.3 Å². The van der Waals surface area contributed by atoms with E-state index < -0.39 is 0 Å². The molecule has 0 saturated carbocycles. The molecule has 0 fully saturated rings. The maximum Gasteiger partial charge on any atom is 0.227 e. The molecule has 1 N–H and O–H groups in total. The molecular formula is C13H14FNO. The molecule has 3 heteroatoms. The van der Waals surface area contributed by atoms with Gasteiger partial charge < -0.3 is 5.32 Å². The number of benzene rings is 1. The van der Waals surface area contributed by atoms with Gasteiger partial charge in [0.1, 0.15) is 5.82 Å². The van der Waals surface area contributed by atoms with E-state index in [0.29, 0.717) is 5.69 Å². The Morgan fingerprint density at radius 3 is 2.94 bits per heavy atom. The summed E-state index contributed by atoms with van der Waals surface area (Å²) in [5, 5.41) is 2.74. The Balaban J connectivity index is 1.99. The predicted octanol–water partition coefficient (Wildman–Crippen LogP) is 3.12.